The molecule has 1 aromatic heterocycles. The zero-order valence-corrected chi connectivity index (χ0v) is 8.53. The van der Waals surface area contributed by atoms with E-state index in [-0.39, 0.29) is 5.54 Å². The quantitative estimate of drug-likeness (QED) is 0.668. The Morgan fingerprint density at radius 1 is 1.50 bits per heavy atom. The van der Waals surface area contributed by atoms with E-state index >= 15 is 0 Å². The van der Waals surface area contributed by atoms with Gasteiger partial charge in [-0.1, -0.05) is 0 Å². The van der Waals surface area contributed by atoms with Crippen LogP contribution in [0.5, 0.6) is 0 Å². The van der Waals surface area contributed by atoms with Crippen LogP contribution < -0.4 is 4.90 Å². The normalized spacial score (nSPS) is 18.9. The molecule has 3 nitrogen and oxygen atoms in total. The summed E-state index contributed by atoms with van der Waals surface area (Å²) in [5, 5.41) is 0. The van der Waals surface area contributed by atoms with Gasteiger partial charge in [0.25, 0.3) is 0 Å². The maximum absolute atomic E-state index is 10.4. The van der Waals surface area contributed by atoms with Crippen molar-refractivity contribution in [1.82, 2.24) is 4.98 Å². The Morgan fingerprint density at radius 3 is 2.64 bits per heavy atom. The molecular formula is C11H14N2O. The molecule has 0 unspecified atom stereocenters. The van der Waals surface area contributed by atoms with Gasteiger partial charge in [-0.3, -0.25) is 4.79 Å². The van der Waals surface area contributed by atoms with E-state index in [4.69, 9.17) is 0 Å². The standard InChI is InChI=1S/C11H14N2O/c1-11(2)5-6-13(11)10-4-3-9(8-14)7-12-10/h3-4,7-8H,5-6H2,1-2H3. The number of anilines is 1. The molecule has 1 saturated heterocycles. The van der Waals surface area contributed by atoms with Crippen LogP contribution in [-0.2, 0) is 0 Å². The van der Waals surface area contributed by atoms with Crippen LogP contribution in [0, 0.1) is 0 Å². The van der Waals surface area contributed by atoms with E-state index in [0.29, 0.717) is 5.56 Å². The van der Waals surface area contributed by atoms with Gasteiger partial charge in [0.1, 0.15) is 5.82 Å². The van der Waals surface area contributed by atoms with Crippen molar-refractivity contribution in [1.29, 1.82) is 0 Å². The molecule has 0 spiro atoms. The van der Waals surface area contributed by atoms with E-state index in [1.54, 1.807) is 6.20 Å². The Bertz CT molecular complexity index is 343. The van der Waals surface area contributed by atoms with Gasteiger partial charge in [-0.05, 0) is 32.4 Å². The lowest BCUT2D eigenvalue weighted by atomic mass is 9.89. The predicted octanol–water partition coefficient (Wildman–Crippen LogP) is 1.88. The molecule has 2 rings (SSSR count). The van der Waals surface area contributed by atoms with Gasteiger partial charge in [0.15, 0.2) is 6.29 Å². The number of aldehydes is 1. The van der Waals surface area contributed by atoms with E-state index in [2.05, 4.69) is 23.7 Å². The van der Waals surface area contributed by atoms with E-state index in [9.17, 15) is 4.79 Å². The lowest BCUT2D eigenvalue weighted by molar-refractivity contribution is 0.112. The van der Waals surface area contributed by atoms with Gasteiger partial charge in [-0.25, -0.2) is 4.98 Å². The average Bonchev–Trinajstić information content (AvgIpc) is 2.18. The maximum atomic E-state index is 10.4. The van der Waals surface area contributed by atoms with Crippen LogP contribution in [0.4, 0.5) is 5.82 Å². The first-order valence-electron chi connectivity index (χ1n) is 4.82. The Balaban J connectivity index is 2.21. The molecule has 0 atom stereocenters. The molecule has 1 aliphatic heterocycles. The number of rotatable bonds is 2. The van der Waals surface area contributed by atoms with Gasteiger partial charge in [0, 0.05) is 23.8 Å². The maximum Gasteiger partial charge on any atom is 0.151 e. The van der Waals surface area contributed by atoms with Gasteiger partial charge in [-0.15, -0.1) is 0 Å². The molecule has 3 heteroatoms. The van der Waals surface area contributed by atoms with Crippen molar-refractivity contribution in [3.05, 3.63) is 23.9 Å². The predicted molar refractivity (Wildman–Crippen MR) is 55.7 cm³/mol. The van der Waals surface area contributed by atoms with Crippen molar-refractivity contribution in [3.63, 3.8) is 0 Å². The number of pyridine rings is 1. The number of nitrogens with zero attached hydrogens (tertiary/aromatic N) is 2. The van der Waals surface area contributed by atoms with Crippen LogP contribution in [-0.4, -0.2) is 23.4 Å². The van der Waals surface area contributed by atoms with Gasteiger partial charge in [0.05, 0.1) is 0 Å². The first-order valence-corrected chi connectivity index (χ1v) is 4.82. The van der Waals surface area contributed by atoms with Crippen LogP contribution >= 0.6 is 0 Å². The molecule has 1 fully saturated rings. The fourth-order valence-corrected chi connectivity index (χ4v) is 1.72. The number of carbonyl (C=O) groups excluding carboxylic acids is 1. The summed E-state index contributed by atoms with van der Waals surface area (Å²) in [6, 6.07) is 3.72. The lowest BCUT2D eigenvalue weighted by Gasteiger charge is -2.49. The lowest BCUT2D eigenvalue weighted by Crippen LogP contribution is -2.56. The third kappa shape index (κ3) is 1.39. The first-order chi connectivity index (χ1) is 6.63. The second kappa shape index (κ2) is 3.08. The van der Waals surface area contributed by atoms with Crippen molar-refractivity contribution in [3.8, 4) is 0 Å². The Labute approximate surface area is 83.8 Å². The van der Waals surface area contributed by atoms with Crippen LogP contribution in [0.2, 0.25) is 0 Å². The van der Waals surface area contributed by atoms with Gasteiger partial charge >= 0.3 is 0 Å². The molecule has 0 aromatic carbocycles. The summed E-state index contributed by atoms with van der Waals surface area (Å²) >= 11 is 0. The van der Waals surface area contributed by atoms with Crippen LogP contribution in [0.1, 0.15) is 30.6 Å². The molecule has 0 amide bonds. The number of carbonyl (C=O) groups is 1. The topological polar surface area (TPSA) is 33.2 Å². The van der Waals surface area contributed by atoms with E-state index < -0.39 is 0 Å². The number of hydrogen-bond acceptors (Lipinski definition) is 3. The second-order valence-corrected chi connectivity index (χ2v) is 4.28. The Morgan fingerprint density at radius 2 is 2.29 bits per heavy atom. The molecule has 0 bridgehead atoms. The molecular weight excluding hydrogens is 176 g/mol. The summed E-state index contributed by atoms with van der Waals surface area (Å²) in [4.78, 5) is 17.0. The number of aromatic nitrogens is 1. The van der Waals surface area contributed by atoms with Gasteiger partial charge < -0.3 is 4.90 Å². The van der Waals surface area contributed by atoms with Crippen molar-refractivity contribution < 1.29 is 4.79 Å². The minimum atomic E-state index is 0.218. The van der Waals surface area contributed by atoms with E-state index in [1.165, 1.54) is 6.42 Å². The summed E-state index contributed by atoms with van der Waals surface area (Å²) in [5.74, 6) is 0.965. The highest BCUT2D eigenvalue weighted by molar-refractivity contribution is 5.74. The summed E-state index contributed by atoms with van der Waals surface area (Å²) in [6.45, 7) is 5.46. The third-order valence-corrected chi connectivity index (χ3v) is 2.86. The minimum absolute atomic E-state index is 0.218. The molecule has 14 heavy (non-hydrogen) atoms. The highest BCUT2D eigenvalue weighted by Gasteiger charge is 2.36. The first kappa shape index (κ1) is 9.19. The molecule has 0 aliphatic carbocycles. The summed E-state index contributed by atoms with van der Waals surface area (Å²) in [5.41, 5.74) is 0.850. The van der Waals surface area contributed by atoms with Crippen molar-refractivity contribution in [2.45, 2.75) is 25.8 Å². The van der Waals surface area contributed by atoms with Crippen molar-refractivity contribution in [2.75, 3.05) is 11.4 Å². The SMILES string of the molecule is CC1(C)CCN1c1ccc(C=O)cn1. The third-order valence-electron chi connectivity index (χ3n) is 2.86. The zero-order valence-electron chi connectivity index (χ0n) is 8.53. The largest absolute Gasteiger partial charge is 0.351 e. The second-order valence-electron chi connectivity index (χ2n) is 4.28. The summed E-state index contributed by atoms with van der Waals surface area (Å²) < 4.78 is 0. The van der Waals surface area contributed by atoms with Crippen LogP contribution in [0.15, 0.2) is 18.3 Å². The zero-order chi connectivity index (χ0) is 10.2. The molecule has 0 saturated carbocycles. The van der Waals surface area contributed by atoms with Crippen molar-refractivity contribution >= 4 is 12.1 Å². The monoisotopic (exact) mass is 190 g/mol. The average molecular weight is 190 g/mol. The molecule has 0 N–H and O–H groups in total. The minimum Gasteiger partial charge on any atom is -0.351 e. The van der Waals surface area contributed by atoms with Crippen molar-refractivity contribution in [2.24, 2.45) is 0 Å². The fourth-order valence-electron chi connectivity index (χ4n) is 1.72. The smallest absolute Gasteiger partial charge is 0.151 e. The molecule has 1 aliphatic rings. The number of hydrogen-bond donors (Lipinski definition) is 0. The molecule has 74 valence electrons. The summed E-state index contributed by atoms with van der Waals surface area (Å²) in [7, 11) is 0. The molecule has 2 heterocycles. The van der Waals surface area contributed by atoms with Gasteiger partial charge in [-0.2, -0.15) is 0 Å². The molecule has 1 aromatic rings. The Kier molecular flexibility index (Phi) is 2.02. The highest BCUT2D eigenvalue weighted by Crippen LogP contribution is 2.33. The highest BCUT2D eigenvalue weighted by atomic mass is 16.1. The Hall–Kier alpha value is -1.38. The van der Waals surface area contributed by atoms with Gasteiger partial charge in [0.2, 0.25) is 0 Å². The van der Waals surface area contributed by atoms with Crippen LogP contribution in [0.3, 0.4) is 0 Å². The fraction of sp³-hybridized carbons (Fsp3) is 0.455. The summed E-state index contributed by atoms with van der Waals surface area (Å²) in [6.07, 6.45) is 3.64. The molecule has 0 radical (unpaired) electrons. The van der Waals surface area contributed by atoms with E-state index in [0.717, 1.165) is 18.6 Å². The van der Waals surface area contributed by atoms with E-state index in [1.807, 2.05) is 12.1 Å². The van der Waals surface area contributed by atoms with Crippen LogP contribution in [0.25, 0.3) is 0 Å².